The molecule has 38 heavy (non-hydrogen) atoms. The molecule has 4 rings (SSSR count). The Morgan fingerprint density at radius 3 is 2.29 bits per heavy atom. The number of aromatic nitrogens is 2. The van der Waals surface area contributed by atoms with E-state index in [1.165, 1.54) is 30.0 Å². The summed E-state index contributed by atoms with van der Waals surface area (Å²) in [6.07, 6.45) is 6.70. The van der Waals surface area contributed by atoms with Crippen LogP contribution in [0.4, 0.5) is 18.3 Å². The van der Waals surface area contributed by atoms with Crippen LogP contribution < -0.4 is 10.9 Å². The van der Waals surface area contributed by atoms with Crippen molar-refractivity contribution < 1.29 is 36.3 Å². The van der Waals surface area contributed by atoms with Crippen LogP contribution in [-0.4, -0.2) is 46.8 Å². The zero-order chi connectivity index (χ0) is 27.9. The number of hydrogen-bond donors (Lipinski definition) is 3. The zero-order valence-electron chi connectivity index (χ0n) is 20.5. The largest absolute Gasteiger partial charge is 0.490 e. The lowest BCUT2D eigenvalue weighted by Gasteiger charge is -2.27. The molecule has 2 aliphatic carbocycles. The topological polar surface area (TPSA) is 146 Å². The first-order valence-electron chi connectivity index (χ1n) is 12.4. The molecule has 2 aromatic heterocycles. The molecule has 0 bridgehead atoms. The Kier molecular flexibility index (Phi) is 10.1. The lowest BCUT2D eigenvalue weighted by Crippen LogP contribution is -2.32. The molecule has 2 aliphatic rings. The second kappa shape index (κ2) is 12.9. The minimum atomic E-state index is -5.08. The highest BCUT2D eigenvalue weighted by atomic mass is 32.2. The van der Waals surface area contributed by atoms with Crippen LogP contribution in [0.5, 0.6) is 0 Å². The molecule has 0 radical (unpaired) electrons. The molecule has 9 nitrogen and oxygen atoms in total. The number of aromatic amines is 1. The Labute approximate surface area is 221 Å². The Bertz CT molecular complexity index is 1250. The van der Waals surface area contributed by atoms with Gasteiger partial charge in [-0.25, -0.2) is 18.2 Å². The molecule has 2 fully saturated rings. The lowest BCUT2D eigenvalue weighted by molar-refractivity contribution is -0.192. The molecule has 3 N–H and O–H groups in total. The van der Waals surface area contributed by atoms with Gasteiger partial charge in [-0.05, 0) is 31.2 Å². The first-order valence-corrected chi connectivity index (χ1v) is 14.8. The number of carboxylic acid groups (broad SMARTS) is 1. The van der Waals surface area contributed by atoms with E-state index in [1.807, 2.05) is 0 Å². The number of nitrogens with zero attached hydrogens (tertiary/aromatic N) is 1. The number of H-pyrrole nitrogens is 1. The van der Waals surface area contributed by atoms with E-state index in [0.717, 1.165) is 38.5 Å². The number of amides is 1. The summed E-state index contributed by atoms with van der Waals surface area (Å²) in [5.41, 5.74) is -0.400. The van der Waals surface area contributed by atoms with Crippen molar-refractivity contribution in [3.8, 4) is 0 Å². The fraction of sp³-hybridized carbons (Fsp3) is 0.583. The van der Waals surface area contributed by atoms with E-state index >= 15 is 0 Å². The molecule has 14 heteroatoms. The number of thiazole rings is 1. The van der Waals surface area contributed by atoms with Crippen LogP contribution in [0, 0.1) is 5.92 Å². The van der Waals surface area contributed by atoms with Gasteiger partial charge >= 0.3 is 12.1 Å². The van der Waals surface area contributed by atoms with E-state index in [1.54, 1.807) is 11.6 Å². The Morgan fingerprint density at radius 2 is 1.74 bits per heavy atom. The van der Waals surface area contributed by atoms with Gasteiger partial charge in [0.15, 0.2) is 15.0 Å². The number of nitrogens with one attached hydrogen (secondary N) is 2. The van der Waals surface area contributed by atoms with Gasteiger partial charge in [0.05, 0.1) is 16.1 Å². The predicted octanol–water partition coefficient (Wildman–Crippen LogP) is 4.87. The number of carboxylic acids is 1. The molecule has 2 aromatic rings. The van der Waals surface area contributed by atoms with Gasteiger partial charge in [-0.2, -0.15) is 13.2 Å². The average molecular weight is 578 g/mol. The highest BCUT2D eigenvalue weighted by Crippen LogP contribution is 2.37. The average Bonchev–Trinajstić information content (AvgIpc) is 3.58. The highest BCUT2D eigenvalue weighted by Gasteiger charge is 2.39. The fourth-order valence-electron chi connectivity index (χ4n) is 5.02. The number of anilines is 1. The van der Waals surface area contributed by atoms with Crippen LogP contribution >= 0.6 is 11.3 Å². The highest BCUT2D eigenvalue weighted by molar-refractivity contribution is 7.92. The third-order valence-corrected chi connectivity index (χ3v) is 9.88. The molecule has 1 unspecified atom stereocenters. The van der Waals surface area contributed by atoms with Crippen LogP contribution in [-0.2, 0) is 19.4 Å². The van der Waals surface area contributed by atoms with E-state index in [0.29, 0.717) is 30.3 Å². The molecular weight excluding hydrogens is 547 g/mol. The molecule has 0 aliphatic heterocycles. The third kappa shape index (κ3) is 7.65. The van der Waals surface area contributed by atoms with Gasteiger partial charge in [0.1, 0.15) is 0 Å². The maximum absolute atomic E-state index is 13.4. The van der Waals surface area contributed by atoms with E-state index in [9.17, 15) is 31.2 Å². The van der Waals surface area contributed by atoms with Crippen molar-refractivity contribution in [1.82, 2.24) is 9.97 Å². The van der Waals surface area contributed by atoms with Gasteiger partial charge in [-0.15, -0.1) is 11.3 Å². The van der Waals surface area contributed by atoms with Gasteiger partial charge in [0.2, 0.25) is 5.91 Å². The van der Waals surface area contributed by atoms with Crippen molar-refractivity contribution in [3.05, 3.63) is 39.8 Å². The summed E-state index contributed by atoms with van der Waals surface area (Å²) >= 11 is 1.30. The number of pyridine rings is 1. The first-order chi connectivity index (χ1) is 17.9. The van der Waals surface area contributed by atoms with Gasteiger partial charge in [0.25, 0.3) is 5.56 Å². The quantitative estimate of drug-likeness (QED) is 0.425. The number of sulfone groups is 1. The number of alkyl halides is 3. The van der Waals surface area contributed by atoms with Crippen LogP contribution in [0.25, 0.3) is 0 Å². The van der Waals surface area contributed by atoms with Crippen molar-refractivity contribution in [2.75, 3.05) is 5.32 Å². The first kappa shape index (κ1) is 29.8. The molecular formula is C24H30F3N3O6S2. The summed E-state index contributed by atoms with van der Waals surface area (Å²) < 4.78 is 58.6. The monoisotopic (exact) mass is 577 g/mol. The SMILES string of the molecule is O=C(Nc1nccs1)C(CC1CCCCC1)c1c(S(=O)(=O)C2CCCC2)cc[nH]c1=O.O=C(O)C(F)(F)F. The van der Waals surface area contributed by atoms with Crippen molar-refractivity contribution in [2.24, 2.45) is 5.92 Å². The third-order valence-electron chi connectivity index (χ3n) is 6.87. The fourth-order valence-corrected chi connectivity index (χ4v) is 7.66. The summed E-state index contributed by atoms with van der Waals surface area (Å²) in [5.74, 6) is -3.65. The summed E-state index contributed by atoms with van der Waals surface area (Å²) in [6, 6.07) is 1.47. The molecule has 2 saturated carbocycles. The molecule has 2 heterocycles. The smallest absolute Gasteiger partial charge is 0.475 e. The number of halogens is 3. The van der Waals surface area contributed by atoms with Crippen LogP contribution in [0.15, 0.2) is 33.5 Å². The van der Waals surface area contributed by atoms with E-state index in [-0.39, 0.29) is 16.4 Å². The summed E-state index contributed by atoms with van der Waals surface area (Å²) in [4.78, 5) is 42.0. The predicted molar refractivity (Wildman–Crippen MR) is 135 cm³/mol. The van der Waals surface area contributed by atoms with Gasteiger partial charge in [0, 0.05) is 23.3 Å². The van der Waals surface area contributed by atoms with Gasteiger partial charge < -0.3 is 15.4 Å². The molecule has 210 valence electrons. The second-order valence-electron chi connectivity index (χ2n) is 9.46. The van der Waals surface area contributed by atoms with Crippen molar-refractivity contribution >= 4 is 38.2 Å². The molecule has 0 aromatic carbocycles. The Hall–Kier alpha value is -2.74. The van der Waals surface area contributed by atoms with Crippen LogP contribution in [0.2, 0.25) is 0 Å². The van der Waals surface area contributed by atoms with Crippen molar-refractivity contribution in [2.45, 2.75) is 86.4 Å². The second-order valence-corrected chi connectivity index (χ2v) is 12.5. The van der Waals surface area contributed by atoms with Crippen LogP contribution in [0.3, 0.4) is 0 Å². The number of rotatable bonds is 7. The van der Waals surface area contributed by atoms with Crippen molar-refractivity contribution in [3.63, 3.8) is 0 Å². The normalized spacial score (nSPS) is 17.9. The number of aliphatic carboxylic acids is 1. The maximum Gasteiger partial charge on any atom is 0.490 e. The molecule has 1 amide bonds. The van der Waals surface area contributed by atoms with Gasteiger partial charge in [-0.3, -0.25) is 9.59 Å². The summed E-state index contributed by atoms with van der Waals surface area (Å²) in [6.45, 7) is 0. The Balaban J connectivity index is 0.000000505. The zero-order valence-corrected chi connectivity index (χ0v) is 22.1. The summed E-state index contributed by atoms with van der Waals surface area (Å²) in [7, 11) is -3.69. The summed E-state index contributed by atoms with van der Waals surface area (Å²) in [5, 5.41) is 11.7. The van der Waals surface area contributed by atoms with E-state index < -0.39 is 38.7 Å². The van der Waals surface area contributed by atoms with Crippen LogP contribution in [0.1, 0.15) is 75.7 Å². The van der Waals surface area contributed by atoms with Gasteiger partial charge in [-0.1, -0.05) is 44.9 Å². The van der Waals surface area contributed by atoms with E-state index in [4.69, 9.17) is 9.90 Å². The number of carbonyl (C=O) groups excluding carboxylic acids is 1. The minimum Gasteiger partial charge on any atom is -0.475 e. The Morgan fingerprint density at radius 1 is 1.13 bits per heavy atom. The molecule has 1 atom stereocenters. The lowest BCUT2D eigenvalue weighted by atomic mass is 9.80. The molecule has 0 spiro atoms. The maximum atomic E-state index is 13.4. The number of hydrogen-bond acceptors (Lipinski definition) is 7. The number of carbonyl (C=O) groups is 2. The minimum absolute atomic E-state index is 0.0262. The standard InChI is InChI=1S/C22H29N3O4S2.C2HF3O2/c26-20(25-22-24-12-13-30-22)17(14-15-6-2-1-3-7-15)19-18(10-11-23-21(19)27)31(28,29)16-8-4-5-9-16;3-2(4,5)1(6)7/h10-13,15-17H,1-9,14H2,(H,23,27)(H,24,25,26);(H,6,7). The molecule has 0 saturated heterocycles. The van der Waals surface area contributed by atoms with E-state index in [2.05, 4.69) is 15.3 Å². The van der Waals surface area contributed by atoms with Crippen molar-refractivity contribution in [1.29, 1.82) is 0 Å².